The highest BCUT2D eigenvalue weighted by Gasteiger charge is 2.31. The molecule has 0 aliphatic heterocycles. The van der Waals surface area contributed by atoms with E-state index in [1.165, 1.54) is 6.07 Å². The Bertz CT molecular complexity index is 491. The van der Waals surface area contributed by atoms with Gasteiger partial charge in [0.1, 0.15) is 0 Å². The number of benzene rings is 1. The minimum atomic E-state index is -4.48. The van der Waals surface area contributed by atoms with E-state index in [4.69, 9.17) is 11.6 Å². The van der Waals surface area contributed by atoms with Crippen LogP contribution in [-0.2, 0) is 6.18 Å². The fourth-order valence-corrected chi connectivity index (χ4v) is 1.90. The summed E-state index contributed by atoms with van der Waals surface area (Å²) in [7, 11) is 0. The molecule has 20 heavy (non-hydrogen) atoms. The maximum atomic E-state index is 12.6. The van der Waals surface area contributed by atoms with Crippen molar-refractivity contribution in [2.24, 2.45) is 5.92 Å². The number of amides is 1. The average Bonchev–Trinajstić information content (AvgIpc) is 2.34. The third-order valence-corrected chi connectivity index (χ3v) is 4.07. The van der Waals surface area contributed by atoms with Gasteiger partial charge in [-0.15, -0.1) is 11.6 Å². The summed E-state index contributed by atoms with van der Waals surface area (Å²) >= 11 is 9.06. The van der Waals surface area contributed by atoms with E-state index in [0.29, 0.717) is 4.47 Å². The van der Waals surface area contributed by atoms with Crippen molar-refractivity contribution in [1.82, 2.24) is 5.32 Å². The summed E-state index contributed by atoms with van der Waals surface area (Å²) in [6, 6.07) is 2.94. The largest absolute Gasteiger partial charge is 0.416 e. The second kappa shape index (κ2) is 6.80. The van der Waals surface area contributed by atoms with Crippen LogP contribution in [0, 0.1) is 5.92 Å². The van der Waals surface area contributed by atoms with Crippen molar-refractivity contribution in [1.29, 1.82) is 0 Å². The molecule has 0 saturated heterocycles. The van der Waals surface area contributed by atoms with Gasteiger partial charge in [-0.1, -0.05) is 13.8 Å². The Hall–Kier alpha value is -0.750. The Morgan fingerprint density at radius 3 is 2.50 bits per heavy atom. The van der Waals surface area contributed by atoms with E-state index in [1.807, 2.05) is 13.8 Å². The van der Waals surface area contributed by atoms with Crippen molar-refractivity contribution in [2.75, 3.05) is 6.54 Å². The molecule has 0 fully saturated rings. The third-order valence-electron chi connectivity index (χ3n) is 2.72. The van der Waals surface area contributed by atoms with Gasteiger partial charge in [0.05, 0.1) is 16.5 Å². The molecule has 7 heteroatoms. The van der Waals surface area contributed by atoms with Gasteiger partial charge in [0, 0.05) is 11.0 Å². The van der Waals surface area contributed by atoms with Crippen LogP contribution in [0.2, 0.25) is 0 Å². The zero-order chi connectivity index (χ0) is 15.5. The van der Waals surface area contributed by atoms with Crippen LogP contribution in [0.1, 0.15) is 29.8 Å². The van der Waals surface area contributed by atoms with Crippen LogP contribution in [0.3, 0.4) is 0 Å². The maximum absolute atomic E-state index is 12.6. The van der Waals surface area contributed by atoms with E-state index < -0.39 is 17.6 Å². The number of halogens is 5. The fourth-order valence-electron chi connectivity index (χ4n) is 1.40. The Morgan fingerprint density at radius 2 is 2.00 bits per heavy atom. The van der Waals surface area contributed by atoms with Gasteiger partial charge >= 0.3 is 6.18 Å². The molecule has 0 saturated carbocycles. The summed E-state index contributed by atoms with van der Waals surface area (Å²) in [5.41, 5.74) is -0.926. The van der Waals surface area contributed by atoms with Crippen molar-refractivity contribution in [3.63, 3.8) is 0 Å². The van der Waals surface area contributed by atoms with Crippen LogP contribution in [0.15, 0.2) is 22.7 Å². The van der Waals surface area contributed by atoms with Gasteiger partial charge in [-0.05, 0) is 40.0 Å². The lowest BCUT2D eigenvalue weighted by Crippen LogP contribution is -2.32. The predicted molar refractivity (Wildman–Crippen MR) is 76.0 cm³/mol. The highest BCUT2D eigenvalue weighted by molar-refractivity contribution is 9.10. The average molecular weight is 373 g/mol. The minimum absolute atomic E-state index is 0.0625. The van der Waals surface area contributed by atoms with Crippen molar-refractivity contribution >= 4 is 33.4 Å². The highest BCUT2D eigenvalue weighted by Crippen LogP contribution is 2.31. The van der Waals surface area contributed by atoms with Gasteiger partial charge in [0.25, 0.3) is 5.91 Å². The zero-order valence-corrected chi connectivity index (χ0v) is 13.2. The van der Waals surface area contributed by atoms with E-state index >= 15 is 0 Å². The Morgan fingerprint density at radius 1 is 1.40 bits per heavy atom. The molecule has 2 nitrogen and oxygen atoms in total. The molecule has 1 N–H and O–H groups in total. The molecular weight excluding hydrogens is 358 g/mol. The first-order valence-corrected chi connectivity index (χ1v) is 7.15. The van der Waals surface area contributed by atoms with Gasteiger partial charge in [-0.2, -0.15) is 13.2 Å². The van der Waals surface area contributed by atoms with E-state index in [0.717, 1.165) is 12.1 Å². The summed E-state index contributed by atoms with van der Waals surface area (Å²) in [6.07, 6.45) is -4.48. The van der Waals surface area contributed by atoms with Crippen LogP contribution < -0.4 is 5.32 Å². The van der Waals surface area contributed by atoms with Crippen molar-refractivity contribution in [3.8, 4) is 0 Å². The molecule has 1 aromatic rings. The first-order valence-electron chi connectivity index (χ1n) is 5.92. The van der Waals surface area contributed by atoms with Crippen molar-refractivity contribution in [2.45, 2.75) is 25.4 Å². The Kier molecular flexibility index (Phi) is 5.89. The number of rotatable bonds is 4. The first kappa shape index (κ1) is 17.3. The van der Waals surface area contributed by atoms with Gasteiger partial charge < -0.3 is 5.32 Å². The van der Waals surface area contributed by atoms with E-state index in [9.17, 15) is 18.0 Å². The lowest BCUT2D eigenvalue weighted by molar-refractivity contribution is -0.137. The number of carbonyl (C=O) groups excluding carboxylic acids is 1. The number of hydrogen-bond donors (Lipinski definition) is 1. The quantitative estimate of drug-likeness (QED) is 0.777. The molecule has 0 spiro atoms. The predicted octanol–water partition coefficient (Wildman–Crippen LogP) is 4.46. The van der Waals surface area contributed by atoms with Crippen LogP contribution in [0.25, 0.3) is 0 Å². The molecule has 1 unspecified atom stereocenters. The molecule has 112 valence electrons. The van der Waals surface area contributed by atoms with Gasteiger partial charge in [0.2, 0.25) is 0 Å². The first-order chi connectivity index (χ1) is 9.12. The minimum Gasteiger partial charge on any atom is -0.351 e. The van der Waals surface area contributed by atoms with Crippen molar-refractivity contribution < 1.29 is 18.0 Å². The van der Waals surface area contributed by atoms with Gasteiger partial charge in [-0.3, -0.25) is 4.79 Å². The van der Waals surface area contributed by atoms with Crippen LogP contribution >= 0.6 is 27.5 Å². The lowest BCUT2D eigenvalue weighted by atomic mass is 10.1. The SMILES string of the molecule is CC(C)C(Cl)CNC(=O)c1cc(C(F)(F)F)ccc1Br. The van der Waals surface area contributed by atoms with E-state index in [-0.39, 0.29) is 23.4 Å². The van der Waals surface area contributed by atoms with E-state index in [1.54, 1.807) is 0 Å². The lowest BCUT2D eigenvalue weighted by Gasteiger charge is -2.15. The standard InChI is InChI=1S/C13H14BrClF3NO/c1-7(2)11(15)6-19-12(20)9-5-8(13(16,17)18)3-4-10(9)14/h3-5,7,11H,6H2,1-2H3,(H,19,20). The molecule has 1 rings (SSSR count). The highest BCUT2D eigenvalue weighted by atomic mass is 79.9. The van der Waals surface area contributed by atoms with Crippen molar-refractivity contribution in [3.05, 3.63) is 33.8 Å². The van der Waals surface area contributed by atoms with Crippen LogP contribution in [-0.4, -0.2) is 17.8 Å². The van der Waals surface area contributed by atoms with Gasteiger partial charge in [0.15, 0.2) is 0 Å². The Balaban J connectivity index is 2.87. The van der Waals surface area contributed by atoms with Crippen LogP contribution in [0.4, 0.5) is 13.2 Å². The molecular formula is C13H14BrClF3NO. The zero-order valence-electron chi connectivity index (χ0n) is 10.9. The van der Waals surface area contributed by atoms with Crippen LogP contribution in [0.5, 0.6) is 0 Å². The fraction of sp³-hybridized carbons (Fsp3) is 0.462. The summed E-state index contributed by atoms with van der Waals surface area (Å²) < 4.78 is 38.1. The molecule has 1 aromatic carbocycles. The van der Waals surface area contributed by atoms with Gasteiger partial charge in [-0.25, -0.2) is 0 Å². The second-order valence-electron chi connectivity index (χ2n) is 4.66. The number of carbonyl (C=O) groups is 1. The monoisotopic (exact) mass is 371 g/mol. The number of alkyl halides is 4. The molecule has 1 amide bonds. The molecule has 0 aromatic heterocycles. The third kappa shape index (κ3) is 4.66. The Labute approximate surface area is 128 Å². The molecule has 0 aliphatic carbocycles. The molecule has 0 heterocycles. The maximum Gasteiger partial charge on any atom is 0.416 e. The summed E-state index contributed by atoms with van der Waals surface area (Å²) in [6.45, 7) is 3.98. The smallest absolute Gasteiger partial charge is 0.351 e. The summed E-state index contributed by atoms with van der Waals surface area (Å²) in [5, 5.41) is 2.26. The number of nitrogens with one attached hydrogen (secondary N) is 1. The molecule has 0 aliphatic rings. The number of hydrogen-bond acceptors (Lipinski definition) is 1. The summed E-state index contributed by atoms with van der Waals surface area (Å²) in [4.78, 5) is 11.9. The summed E-state index contributed by atoms with van der Waals surface area (Å²) in [5.74, 6) is -0.434. The molecule has 1 atom stereocenters. The molecule has 0 radical (unpaired) electrons. The van der Waals surface area contributed by atoms with E-state index in [2.05, 4.69) is 21.2 Å². The molecule has 0 bridgehead atoms. The topological polar surface area (TPSA) is 29.1 Å². The second-order valence-corrected chi connectivity index (χ2v) is 6.08. The normalized spacial score (nSPS) is 13.4.